The molecule has 0 radical (unpaired) electrons. The third-order valence-electron chi connectivity index (χ3n) is 2.57. The maximum atomic E-state index is 11.6. The maximum absolute atomic E-state index is 11.6. The van der Waals surface area contributed by atoms with Crippen molar-refractivity contribution in [3.8, 4) is 0 Å². The quantitative estimate of drug-likeness (QED) is 0.787. The molecule has 0 spiro atoms. The summed E-state index contributed by atoms with van der Waals surface area (Å²) in [6, 6.07) is 9.38. The lowest BCUT2D eigenvalue weighted by molar-refractivity contribution is -0.125. The molecule has 2 rings (SSSR count). The molecule has 1 aromatic rings. The van der Waals surface area contributed by atoms with E-state index in [2.05, 4.69) is 15.9 Å². The van der Waals surface area contributed by atoms with Crippen molar-refractivity contribution >= 4 is 27.9 Å². The van der Waals surface area contributed by atoms with Crippen LogP contribution in [-0.2, 0) is 16.1 Å². The van der Waals surface area contributed by atoms with Gasteiger partial charge >= 0.3 is 6.09 Å². The van der Waals surface area contributed by atoms with Gasteiger partial charge in [0, 0.05) is 6.54 Å². The number of carbonyl (C=O) groups excluding carboxylic acids is 2. The first kappa shape index (κ1) is 12.1. The highest BCUT2D eigenvalue weighted by Crippen LogP contribution is 2.19. The predicted octanol–water partition coefficient (Wildman–Crippen LogP) is 2.32. The zero-order chi connectivity index (χ0) is 12.3. The van der Waals surface area contributed by atoms with Crippen molar-refractivity contribution in [2.24, 2.45) is 0 Å². The Labute approximate surface area is 108 Å². The van der Waals surface area contributed by atoms with E-state index in [0.29, 0.717) is 13.0 Å². The van der Waals surface area contributed by atoms with Crippen molar-refractivity contribution < 1.29 is 14.3 Å². The number of hydrogen-bond acceptors (Lipinski definition) is 3. The van der Waals surface area contributed by atoms with E-state index in [1.54, 1.807) is 0 Å². The smallest absolute Gasteiger partial charge is 0.416 e. The van der Waals surface area contributed by atoms with E-state index in [9.17, 15) is 9.59 Å². The monoisotopic (exact) mass is 297 g/mol. The number of ether oxygens (including phenoxy) is 1. The molecule has 1 saturated heterocycles. The topological polar surface area (TPSA) is 46.6 Å². The lowest BCUT2D eigenvalue weighted by Gasteiger charge is -2.13. The van der Waals surface area contributed by atoms with Crippen molar-refractivity contribution in [3.05, 3.63) is 35.9 Å². The number of nitrogens with zero attached hydrogens (tertiary/aromatic N) is 1. The average molecular weight is 298 g/mol. The number of alkyl halides is 1. The van der Waals surface area contributed by atoms with Crippen LogP contribution in [0.1, 0.15) is 12.0 Å². The largest absolute Gasteiger partial charge is 0.444 e. The van der Waals surface area contributed by atoms with Crippen molar-refractivity contribution in [2.75, 3.05) is 6.54 Å². The molecule has 1 aliphatic rings. The van der Waals surface area contributed by atoms with Crippen LogP contribution >= 0.6 is 15.9 Å². The second-order valence-corrected chi connectivity index (χ2v) is 4.89. The minimum atomic E-state index is -0.569. The molecular weight excluding hydrogens is 286 g/mol. The molecule has 2 amide bonds. The van der Waals surface area contributed by atoms with Crippen LogP contribution in [0.2, 0.25) is 0 Å². The van der Waals surface area contributed by atoms with Crippen molar-refractivity contribution in [3.63, 3.8) is 0 Å². The number of benzene rings is 1. The van der Waals surface area contributed by atoms with E-state index in [4.69, 9.17) is 4.74 Å². The molecule has 90 valence electrons. The Bertz CT molecular complexity index is 421. The first-order valence-electron chi connectivity index (χ1n) is 5.34. The lowest BCUT2D eigenvalue weighted by atomic mass is 10.2. The molecular formula is C12H12BrNO3. The Hall–Kier alpha value is -1.36. The summed E-state index contributed by atoms with van der Waals surface area (Å²) in [7, 11) is 0. The van der Waals surface area contributed by atoms with Gasteiger partial charge in [0.25, 0.3) is 0 Å². The summed E-state index contributed by atoms with van der Waals surface area (Å²) in [5.74, 6) is -0.219. The van der Waals surface area contributed by atoms with Crippen LogP contribution in [-0.4, -0.2) is 28.3 Å². The minimum Gasteiger partial charge on any atom is -0.444 e. The fraction of sp³-hybridized carbons (Fsp3) is 0.333. The van der Waals surface area contributed by atoms with Crippen LogP contribution < -0.4 is 0 Å². The summed E-state index contributed by atoms with van der Waals surface area (Å²) in [4.78, 5) is 24.1. The van der Waals surface area contributed by atoms with Gasteiger partial charge in [-0.2, -0.15) is 0 Å². The van der Waals surface area contributed by atoms with Gasteiger partial charge < -0.3 is 4.74 Å². The van der Waals surface area contributed by atoms with Gasteiger partial charge in [0.05, 0.1) is 4.83 Å². The molecule has 0 bridgehead atoms. The van der Waals surface area contributed by atoms with Crippen LogP contribution in [0, 0.1) is 0 Å². The molecule has 1 atom stereocenters. The molecule has 0 aliphatic carbocycles. The molecule has 1 unspecified atom stereocenters. The second kappa shape index (κ2) is 5.31. The molecule has 0 N–H and O–H groups in total. The van der Waals surface area contributed by atoms with E-state index < -0.39 is 6.09 Å². The standard InChI is InChI=1S/C12H12BrNO3/c13-10-6-7-14(11(10)15)12(16)17-8-9-4-2-1-3-5-9/h1-5,10H,6-8H2. The zero-order valence-corrected chi connectivity index (χ0v) is 10.7. The molecule has 1 heterocycles. The number of halogens is 1. The Morgan fingerprint density at radius 3 is 2.71 bits per heavy atom. The van der Waals surface area contributed by atoms with Crippen molar-refractivity contribution in [1.82, 2.24) is 4.90 Å². The molecule has 0 aromatic heterocycles. The Balaban J connectivity index is 1.88. The highest BCUT2D eigenvalue weighted by atomic mass is 79.9. The normalized spacial score (nSPS) is 19.5. The van der Waals surface area contributed by atoms with Gasteiger partial charge in [-0.25, -0.2) is 9.69 Å². The van der Waals surface area contributed by atoms with Gasteiger partial charge in [-0.05, 0) is 12.0 Å². The van der Waals surface area contributed by atoms with E-state index in [1.165, 1.54) is 0 Å². The number of likely N-dealkylation sites (tertiary alicyclic amines) is 1. The van der Waals surface area contributed by atoms with Gasteiger partial charge in [0.1, 0.15) is 6.61 Å². The van der Waals surface area contributed by atoms with E-state index in [-0.39, 0.29) is 17.3 Å². The highest BCUT2D eigenvalue weighted by molar-refractivity contribution is 9.10. The fourth-order valence-corrected chi connectivity index (χ4v) is 2.08. The third-order valence-corrected chi connectivity index (χ3v) is 3.42. The van der Waals surface area contributed by atoms with Crippen LogP contribution in [0.5, 0.6) is 0 Å². The highest BCUT2D eigenvalue weighted by Gasteiger charge is 2.34. The molecule has 1 fully saturated rings. The number of hydrogen-bond donors (Lipinski definition) is 0. The summed E-state index contributed by atoms with van der Waals surface area (Å²) in [6.07, 6.45) is 0.0695. The van der Waals surface area contributed by atoms with Gasteiger partial charge in [-0.1, -0.05) is 46.3 Å². The number of rotatable bonds is 2. The summed E-state index contributed by atoms with van der Waals surface area (Å²) < 4.78 is 5.08. The molecule has 4 nitrogen and oxygen atoms in total. The molecule has 17 heavy (non-hydrogen) atoms. The van der Waals surface area contributed by atoms with Crippen molar-refractivity contribution in [1.29, 1.82) is 0 Å². The molecule has 0 saturated carbocycles. The Kier molecular flexibility index (Phi) is 3.78. The van der Waals surface area contributed by atoms with Crippen molar-refractivity contribution in [2.45, 2.75) is 17.9 Å². The summed E-state index contributed by atoms with van der Waals surface area (Å²) in [5, 5.41) is 0. The number of carbonyl (C=O) groups is 2. The number of imide groups is 1. The predicted molar refractivity (Wildman–Crippen MR) is 65.7 cm³/mol. The average Bonchev–Trinajstić information content (AvgIpc) is 2.69. The SMILES string of the molecule is O=C(OCc1ccccc1)N1CCC(Br)C1=O. The Morgan fingerprint density at radius 2 is 2.12 bits per heavy atom. The first-order valence-corrected chi connectivity index (χ1v) is 6.26. The Morgan fingerprint density at radius 1 is 1.41 bits per heavy atom. The summed E-state index contributed by atoms with van der Waals surface area (Å²) in [5.41, 5.74) is 0.905. The van der Waals surface area contributed by atoms with Gasteiger partial charge in [0.15, 0.2) is 0 Å². The van der Waals surface area contributed by atoms with E-state index in [1.807, 2.05) is 30.3 Å². The van der Waals surface area contributed by atoms with E-state index in [0.717, 1.165) is 10.5 Å². The maximum Gasteiger partial charge on any atom is 0.416 e. The molecule has 1 aromatic carbocycles. The second-order valence-electron chi connectivity index (χ2n) is 3.79. The van der Waals surface area contributed by atoms with Crippen LogP contribution in [0.15, 0.2) is 30.3 Å². The summed E-state index contributed by atoms with van der Waals surface area (Å²) in [6.45, 7) is 0.610. The molecule has 1 aliphatic heterocycles. The summed E-state index contributed by atoms with van der Waals surface area (Å²) >= 11 is 3.21. The zero-order valence-electron chi connectivity index (χ0n) is 9.14. The van der Waals surface area contributed by atoms with Gasteiger partial charge in [0.2, 0.25) is 5.91 Å². The van der Waals surface area contributed by atoms with E-state index >= 15 is 0 Å². The number of amides is 2. The first-order chi connectivity index (χ1) is 8.18. The van der Waals surface area contributed by atoms with Crippen LogP contribution in [0.4, 0.5) is 4.79 Å². The third kappa shape index (κ3) is 2.85. The minimum absolute atomic E-state index is 0.191. The van der Waals surface area contributed by atoms with Crippen LogP contribution in [0.25, 0.3) is 0 Å². The van der Waals surface area contributed by atoms with Crippen LogP contribution in [0.3, 0.4) is 0 Å². The lowest BCUT2D eigenvalue weighted by Crippen LogP contribution is -2.34. The fourth-order valence-electron chi connectivity index (χ4n) is 1.62. The van der Waals surface area contributed by atoms with Gasteiger partial charge in [-0.15, -0.1) is 0 Å². The molecule has 5 heteroatoms. The van der Waals surface area contributed by atoms with Gasteiger partial charge in [-0.3, -0.25) is 4.79 Å².